The summed E-state index contributed by atoms with van der Waals surface area (Å²) in [6, 6.07) is 17.5. The molecular formula is C17H11KNO4S. The van der Waals surface area contributed by atoms with Gasteiger partial charge in [-0.15, -0.1) is 0 Å². The van der Waals surface area contributed by atoms with Crippen LogP contribution in [0.1, 0.15) is 0 Å². The van der Waals surface area contributed by atoms with E-state index in [0.29, 0.717) is 27.8 Å². The molecular weight excluding hydrogens is 353 g/mol. The van der Waals surface area contributed by atoms with Crippen molar-refractivity contribution in [3.05, 3.63) is 60.7 Å². The molecule has 1 heterocycles. The molecule has 0 aliphatic rings. The second-order valence-corrected chi connectivity index (χ2v) is 6.52. The van der Waals surface area contributed by atoms with Crippen LogP contribution < -0.4 is 0 Å². The van der Waals surface area contributed by atoms with Crippen LogP contribution in [0.2, 0.25) is 0 Å². The van der Waals surface area contributed by atoms with Crippen molar-refractivity contribution in [2.24, 2.45) is 0 Å². The van der Waals surface area contributed by atoms with Crippen molar-refractivity contribution in [2.45, 2.75) is 4.90 Å². The molecule has 1 N–H and O–H groups in total. The molecule has 24 heavy (non-hydrogen) atoms. The summed E-state index contributed by atoms with van der Waals surface area (Å²) in [5.74, 6) is 0.401. The predicted molar refractivity (Wildman–Crippen MR) is 92.5 cm³/mol. The van der Waals surface area contributed by atoms with Crippen molar-refractivity contribution in [1.82, 2.24) is 4.98 Å². The van der Waals surface area contributed by atoms with E-state index in [4.69, 9.17) is 4.42 Å². The molecule has 0 bridgehead atoms. The Morgan fingerprint density at radius 2 is 1.54 bits per heavy atom. The number of hydrogen-bond acceptors (Lipinski definition) is 4. The third kappa shape index (κ3) is 3.08. The van der Waals surface area contributed by atoms with Crippen molar-refractivity contribution in [2.75, 3.05) is 0 Å². The van der Waals surface area contributed by atoms with E-state index in [1.165, 1.54) is 6.07 Å². The van der Waals surface area contributed by atoms with Crippen LogP contribution in [-0.2, 0) is 10.1 Å². The first kappa shape index (κ1) is 17.7. The number of oxazole rings is 1. The Kier molecular flexibility index (Phi) is 4.94. The first-order valence-corrected chi connectivity index (χ1v) is 8.33. The summed E-state index contributed by atoms with van der Waals surface area (Å²) in [4.78, 5) is 4.31. The number of fused-ring (bicyclic) bond motifs is 3. The molecule has 0 unspecified atom stereocenters. The van der Waals surface area contributed by atoms with Crippen LogP contribution in [0.3, 0.4) is 0 Å². The van der Waals surface area contributed by atoms with Gasteiger partial charge in [0.1, 0.15) is 10.4 Å². The summed E-state index contributed by atoms with van der Waals surface area (Å²) in [7, 11) is -4.36. The molecule has 7 heteroatoms. The normalized spacial score (nSPS) is 11.5. The van der Waals surface area contributed by atoms with Crippen molar-refractivity contribution in [3.8, 4) is 11.5 Å². The Bertz CT molecular complexity index is 1140. The van der Waals surface area contributed by atoms with Gasteiger partial charge in [0.05, 0.1) is 0 Å². The summed E-state index contributed by atoms with van der Waals surface area (Å²) in [6.07, 6.45) is 0. The summed E-state index contributed by atoms with van der Waals surface area (Å²) >= 11 is 0. The second kappa shape index (κ2) is 6.68. The van der Waals surface area contributed by atoms with Gasteiger partial charge in [-0.05, 0) is 12.1 Å². The third-order valence-electron chi connectivity index (χ3n) is 3.66. The monoisotopic (exact) mass is 364 g/mol. The zero-order valence-corrected chi connectivity index (χ0v) is 16.7. The zero-order chi connectivity index (χ0) is 16.0. The molecule has 0 saturated carbocycles. The molecule has 0 spiro atoms. The van der Waals surface area contributed by atoms with Gasteiger partial charge < -0.3 is 4.42 Å². The molecule has 0 aliphatic heterocycles. The van der Waals surface area contributed by atoms with E-state index in [2.05, 4.69) is 4.98 Å². The van der Waals surface area contributed by atoms with Crippen LogP contribution in [-0.4, -0.2) is 69.3 Å². The minimum Gasteiger partial charge on any atom is -0.436 e. The van der Waals surface area contributed by atoms with Crippen LogP contribution in [0.5, 0.6) is 0 Å². The summed E-state index contributed by atoms with van der Waals surface area (Å²) in [5, 5.41) is 1.03. The fourth-order valence-corrected chi connectivity index (χ4v) is 3.35. The van der Waals surface area contributed by atoms with Crippen molar-refractivity contribution in [1.29, 1.82) is 0 Å². The first-order chi connectivity index (χ1) is 11.0. The maximum absolute atomic E-state index is 11.7. The van der Waals surface area contributed by atoms with Crippen LogP contribution >= 0.6 is 0 Å². The van der Waals surface area contributed by atoms with E-state index >= 15 is 0 Å². The topological polar surface area (TPSA) is 80.4 Å². The minimum absolute atomic E-state index is 0. The maximum Gasteiger partial charge on any atom is 0.295 e. The first-order valence-electron chi connectivity index (χ1n) is 6.89. The SMILES string of the molecule is O=S(=O)(O)c1cc2oc(-c3ccccc3)nc2c2ccccc12.[K]. The Hall–Kier alpha value is -1.06. The van der Waals surface area contributed by atoms with Gasteiger partial charge in [0.15, 0.2) is 5.58 Å². The molecule has 3 aromatic carbocycles. The molecule has 1 aromatic heterocycles. The van der Waals surface area contributed by atoms with Gasteiger partial charge in [-0.3, -0.25) is 4.55 Å². The van der Waals surface area contributed by atoms with Crippen molar-refractivity contribution in [3.63, 3.8) is 0 Å². The number of nitrogens with zero attached hydrogens (tertiary/aromatic N) is 1. The molecule has 5 nitrogen and oxygen atoms in total. The molecule has 4 rings (SSSR count). The van der Waals surface area contributed by atoms with Gasteiger partial charge >= 0.3 is 0 Å². The largest absolute Gasteiger partial charge is 0.436 e. The van der Waals surface area contributed by atoms with E-state index in [9.17, 15) is 13.0 Å². The van der Waals surface area contributed by atoms with E-state index in [-0.39, 0.29) is 56.3 Å². The fourth-order valence-electron chi connectivity index (χ4n) is 2.64. The smallest absolute Gasteiger partial charge is 0.295 e. The van der Waals surface area contributed by atoms with Crippen LogP contribution in [0.4, 0.5) is 0 Å². The fraction of sp³-hybridized carbons (Fsp3) is 0. The molecule has 1 radical (unpaired) electrons. The van der Waals surface area contributed by atoms with Gasteiger partial charge in [-0.1, -0.05) is 42.5 Å². The van der Waals surface area contributed by atoms with Crippen molar-refractivity contribution >= 4 is 83.4 Å². The van der Waals surface area contributed by atoms with Gasteiger partial charge in [-0.25, -0.2) is 4.98 Å². The number of aromatic nitrogens is 1. The van der Waals surface area contributed by atoms with Crippen LogP contribution in [0, 0.1) is 0 Å². The number of benzene rings is 3. The molecule has 0 aliphatic carbocycles. The molecule has 0 amide bonds. The molecule has 0 fully saturated rings. The Morgan fingerprint density at radius 1 is 0.917 bits per heavy atom. The predicted octanol–water partition coefficient (Wildman–Crippen LogP) is 3.51. The summed E-state index contributed by atoms with van der Waals surface area (Å²) in [5.41, 5.74) is 1.67. The Balaban J connectivity index is 0.00000169. The third-order valence-corrected chi connectivity index (χ3v) is 4.56. The van der Waals surface area contributed by atoms with E-state index < -0.39 is 10.1 Å². The van der Waals surface area contributed by atoms with Crippen LogP contribution in [0.25, 0.3) is 33.3 Å². The van der Waals surface area contributed by atoms with Gasteiger partial charge in [0.2, 0.25) is 5.89 Å². The van der Waals surface area contributed by atoms with E-state index in [1.807, 2.05) is 30.3 Å². The average Bonchev–Trinajstić information content (AvgIpc) is 2.98. The maximum atomic E-state index is 11.7. The van der Waals surface area contributed by atoms with Gasteiger partial charge in [-0.2, -0.15) is 8.42 Å². The average molecular weight is 364 g/mol. The summed E-state index contributed by atoms with van der Waals surface area (Å²) < 4.78 is 38.5. The standard InChI is InChI=1S/C17H11NO4S.K/c19-23(20,21)15-10-14-16(13-9-5-4-8-12(13)15)18-17(22-14)11-6-2-1-3-7-11;/h1-10H,(H,19,20,21);. The van der Waals surface area contributed by atoms with E-state index in [0.717, 1.165) is 5.56 Å². The molecule has 0 saturated heterocycles. The second-order valence-electron chi connectivity index (χ2n) is 5.13. The zero-order valence-electron chi connectivity index (χ0n) is 12.8. The van der Waals surface area contributed by atoms with Gasteiger partial charge in [0, 0.05) is 73.8 Å². The quantitative estimate of drug-likeness (QED) is 0.435. The van der Waals surface area contributed by atoms with Crippen LogP contribution in [0.15, 0.2) is 70.0 Å². The Morgan fingerprint density at radius 3 is 2.21 bits per heavy atom. The summed E-state index contributed by atoms with van der Waals surface area (Å²) in [6.45, 7) is 0. The Labute approximate surface area is 180 Å². The number of rotatable bonds is 2. The molecule has 115 valence electrons. The van der Waals surface area contributed by atoms with Crippen molar-refractivity contribution < 1.29 is 17.4 Å². The van der Waals surface area contributed by atoms with Gasteiger partial charge in [0.25, 0.3) is 10.1 Å². The molecule has 0 atom stereocenters. The molecule has 4 aromatic rings. The van der Waals surface area contributed by atoms with E-state index in [1.54, 1.807) is 24.3 Å². The minimum atomic E-state index is -4.36. The number of hydrogen-bond donors (Lipinski definition) is 1.